The first-order chi connectivity index (χ1) is 12.8. The van der Waals surface area contributed by atoms with Crippen LogP contribution in [0.15, 0.2) is 53.4 Å². The van der Waals surface area contributed by atoms with Crippen LogP contribution in [0, 0.1) is 0 Å². The lowest BCUT2D eigenvalue weighted by Crippen LogP contribution is -2.36. The van der Waals surface area contributed by atoms with Crippen LogP contribution in [-0.4, -0.2) is 50.6 Å². The first-order valence-electron chi connectivity index (χ1n) is 8.70. The predicted molar refractivity (Wildman–Crippen MR) is 93.7 cm³/mol. The predicted octanol–water partition coefficient (Wildman–Crippen LogP) is 1.82. The van der Waals surface area contributed by atoms with Gasteiger partial charge in [-0.2, -0.15) is 0 Å². The monoisotopic (exact) mass is 352 g/mol. The molecule has 26 heavy (non-hydrogen) atoms. The van der Waals surface area contributed by atoms with Crippen LogP contribution >= 0.6 is 0 Å². The number of tetrazole rings is 1. The Kier molecular flexibility index (Phi) is 4.74. The van der Waals surface area contributed by atoms with Gasteiger partial charge < -0.3 is 9.73 Å². The second-order valence-electron chi connectivity index (χ2n) is 6.29. The van der Waals surface area contributed by atoms with E-state index >= 15 is 0 Å². The zero-order valence-corrected chi connectivity index (χ0v) is 14.3. The first kappa shape index (κ1) is 16.5. The Morgan fingerprint density at radius 3 is 2.65 bits per heavy atom. The molecule has 134 valence electrons. The second kappa shape index (κ2) is 7.49. The van der Waals surface area contributed by atoms with Gasteiger partial charge in [0.25, 0.3) is 5.91 Å². The Bertz CT molecular complexity index is 823. The van der Waals surface area contributed by atoms with Crippen molar-refractivity contribution in [1.82, 2.24) is 30.4 Å². The largest absolute Gasteiger partial charge is 0.468 e. The van der Waals surface area contributed by atoms with Crippen molar-refractivity contribution in [3.8, 4) is 5.69 Å². The van der Waals surface area contributed by atoms with Crippen molar-refractivity contribution < 1.29 is 9.21 Å². The quantitative estimate of drug-likeness (QED) is 0.728. The molecule has 3 heterocycles. The maximum atomic E-state index is 12.5. The summed E-state index contributed by atoms with van der Waals surface area (Å²) in [5.74, 6) is 0.783. The Morgan fingerprint density at radius 1 is 1.19 bits per heavy atom. The normalized spacial score (nSPS) is 15.8. The number of carbonyl (C=O) groups is 1. The van der Waals surface area contributed by atoms with Gasteiger partial charge in [0.15, 0.2) is 0 Å². The van der Waals surface area contributed by atoms with Crippen molar-refractivity contribution in [2.45, 2.75) is 18.9 Å². The maximum absolute atomic E-state index is 12.5. The van der Waals surface area contributed by atoms with Crippen molar-refractivity contribution in [2.75, 3.05) is 19.6 Å². The van der Waals surface area contributed by atoms with Crippen LogP contribution in [0.5, 0.6) is 0 Å². The summed E-state index contributed by atoms with van der Waals surface area (Å²) in [6.45, 7) is 2.57. The summed E-state index contributed by atoms with van der Waals surface area (Å²) in [5.41, 5.74) is 1.40. The molecule has 8 nitrogen and oxygen atoms in total. The van der Waals surface area contributed by atoms with E-state index in [0.29, 0.717) is 12.1 Å². The molecule has 0 radical (unpaired) electrons. The molecule has 4 rings (SSSR count). The minimum atomic E-state index is -0.107. The van der Waals surface area contributed by atoms with Crippen molar-refractivity contribution in [3.63, 3.8) is 0 Å². The van der Waals surface area contributed by atoms with E-state index in [0.717, 1.165) is 24.5 Å². The number of carbonyl (C=O) groups excluding carboxylic acids is 1. The van der Waals surface area contributed by atoms with Crippen molar-refractivity contribution >= 4 is 5.91 Å². The van der Waals surface area contributed by atoms with Gasteiger partial charge in [0, 0.05) is 12.1 Å². The number of amides is 1. The highest BCUT2D eigenvalue weighted by Gasteiger charge is 2.26. The third kappa shape index (κ3) is 3.50. The van der Waals surface area contributed by atoms with Crippen LogP contribution in [0.2, 0.25) is 0 Å². The van der Waals surface area contributed by atoms with Crippen LogP contribution in [0.4, 0.5) is 0 Å². The van der Waals surface area contributed by atoms with Gasteiger partial charge in [-0.15, -0.1) is 5.10 Å². The van der Waals surface area contributed by atoms with Gasteiger partial charge in [-0.25, -0.2) is 4.68 Å². The number of benzene rings is 1. The fraction of sp³-hybridized carbons (Fsp3) is 0.333. The Balaban J connectivity index is 1.42. The van der Waals surface area contributed by atoms with Gasteiger partial charge in [0.1, 0.15) is 12.1 Å². The molecule has 0 aliphatic carbocycles. The van der Waals surface area contributed by atoms with E-state index in [1.165, 1.54) is 19.2 Å². The third-order valence-corrected chi connectivity index (χ3v) is 4.65. The summed E-state index contributed by atoms with van der Waals surface area (Å²) in [4.78, 5) is 14.9. The number of aromatic nitrogens is 4. The molecule has 1 aliphatic rings. The summed E-state index contributed by atoms with van der Waals surface area (Å²) in [6.07, 6.45) is 5.56. The summed E-state index contributed by atoms with van der Waals surface area (Å²) < 4.78 is 7.13. The molecule has 0 spiro atoms. The van der Waals surface area contributed by atoms with Gasteiger partial charge >= 0.3 is 0 Å². The molecule has 2 aromatic heterocycles. The molecule has 3 aromatic rings. The molecule has 0 saturated carbocycles. The summed E-state index contributed by atoms with van der Waals surface area (Å²) in [5, 5.41) is 14.1. The molecule has 1 N–H and O–H groups in total. The second-order valence-corrected chi connectivity index (χ2v) is 6.29. The standard InChI is InChI=1S/C18H20N6O2/c25-18(14-5-7-15(8-6-14)24-13-20-21-22-24)19-12-16(17-4-3-11-26-17)23-9-1-2-10-23/h3-8,11,13,16H,1-2,9-10,12H2,(H,19,25)/t16-/m1/s1. The lowest BCUT2D eigenvalue weighted by molar-refractivity contribution is 0.0934. The average Bonchev–Trinajstić information content (AvgIpc) is 3.45. The molecule has 8 heteroatoms. The zero-order valence-electron chi connectivity index (χ0n) is 14.3. The van der Waals surface area contributed by atoms with Crippen molar-refractivity contribution in [1.29, 1.82) is 0 Å². The molecular weight excluding hydrogens is 332 g/mol. The number of nitrogens with one attached hydrogen (secondary N) is 1. The molecule has 1 atom stereocenters. The minimum Gasteiger partial charge on any atom is -0.468 e. The highest BCUT2D eigenvalue weighted by Crippen LogP contribution is 2.25. The lowest BCUT2D eigenvalue weighted by atomic mass is 10.1. The highest BCUT2D eigenvalue weighted by atomic mass is 16.3. The Morgan fingerprint density at radius 2 is 2.00 bits per heavy atom. The van der Waals surface area contributed by atoms with E-state index in [-0.39, 0.29) is 11.9 Å². The highest BCUT2D eigenvalue weighted by molar-refractivity contribution is 5.94. The van der Waals surface area contributed by atoms with Gasteiger partial charge in [0.05, 0.1) is 18.0 Å². The summed E-state index contributed by atoms with van der Waals surface area (Å²) in [6, 6.07) is 11.1. The molecule has 1 amide bonds. The minimum absolute atomic E-state index is 0.0666. The van der Waals surface area contributed by atoms with Gasteiger partial charge in [-0.3, -0.25) is 9.69 Å². The molecule has 0 unspecified atom stereocenters. The Hall–Kier alpha value is -3.00. The molecule has 0 bridgehead atoms. The third-order valence-electron chi connectivity index (χ3n) is 4.65. The van der Waals surface area contributed by atoms with Crippen LogP contribution < -0.4 is 5.32 Å². The first-order valence-corrected chi connectivity index (χ1v) is 8.70. The van der Waals surface area contributed by atoms with Crippen molar-refractivity contribution in [3.05, 3.63) is 60.3 Å². The van der Waals surface area contributed by atoms with E-state index in [4.69, 9.17) is 4.42 Å². The fourth-order valence-electron chi connectivity index (χ4n) is 3.28. The molecule has 1 aromatic carbocycles. The lowest BCUT2D eigenvalue weighted by Gasteiger charge is -2.26. The van der Waals surface area contributed by atoms with E-state index in [2.05, 4.69) is 25.7 Å². The number of hydrogen-bond donors (Lipinski definition) is 1. The molecule has 1 aliphatic heterocycles. The van der Waals surface area contributed by atoms with E-state index < -0.39 is 0 Å². The number of likely N-dealkylation sites (tertiary alicyclic amines) is 1. The summed E-state index contributed by atoms with van der Waals surface area (Å²) >= 11 is 0. The number of rotatable bonds is 6. The van der Waals surface area contributed by atoms with Crippen LogP contribution in [0.3, 0.4) is 0 Å². The van der Waals surface area contributed by atoms with Gasteiger partial charge in [0.2, 0.25) is 0 Å². The van der Waals surface area contributed by atoms with Crippen LogP contribution in [-0.2, 0) is 0 Å². The average molecular weight is 352 g/mol. The Labute approximate surface area is 150 Å². The van der Waals surface area contributed by atoms with Crippen LogP contribution in [0.1, 0.15) is 35.0 Å². The van der Waals surface area contributed by atoms with Crippen LogP contribution in [0.25, 0.3) is 5.69 Å². The molecular formula is C18H20N6O2. The van der Waals surface area contributed by atoms with E-state index in [9.17, 15) is 4.79 Å². The number of hydrogen-bond acceptors (Lipinski definition) is 6. The zero-order chi connectivity index (χ0) is 17.8. The number of nitrogens with zero attached hydrogens (tertiary/aromatic N) is 5. The van der Waals surface area contributed by atoms with Gasteiger partial charge in [-0.05, 0) is 72.8 Å². The van der Waals surface area contributed by atoms with Gasteiger partial charge in [-0.1, -0.05) is 0 Å². The van der Waals surface area contributed by atoms with Crippen molar-refractivity contribution in [2.24, 2.45) is 0 Å². The SMILES string of the molecule is O=C(NC[C@H](c1ccco1)N1CCCC1)c1ccc(-n2cnnn2)cc1. The molecule has 1 saturated heterocycles. The number of furan rings is 1. The van der Waals surface area contributed by atoms with E-state index in [1.54, 1.807) is 23.1 Å². The summed E-state index contributed by atoms with van der Waals surface area (Å²) in [7, 11) is 0. The fourth-order valence-corrected chi connectivity index (χ4v) is 3.28. The molecule has 1 fully saturated rings. The topological polar surface area (TPSA) is 89.1 Å². The smallest absolute Gasteiger partial charge is 0.251 e. The maximum Gasteiger partial charge on any atom is 0.251 e. The van der Waals surface area contributed by atoms with E-state index in [1.807, 2.05) is 24.3 Å².